The highest BCUT2D eigenvalue weighted by atomic mass is 16.5. The van der Waals surface area contributed by atoms with Gasteiger partial charge in [0, 0.05) is 5.92 Å². The van der Waals surface area contributed by atoms with E-state index in [1.807, 2.05) is 13.0 Å². The first kappa shape index (κ1) is 13.9. The molecule has 1 aliphatic heterocycles. The molecule has 1 N–H and O–H groups in total. The largest absolute Gasteiger partial charge is 0.496 e. The van der Waals surface area contributed by atoms with Gasteiger partial charge >= 0.3 is 0 Å². The molecular formula is C15H21NO3. The average Bonchev–Trinajstić information content (AvgIpc) is 2.47. The number of ketones is 1. The van der Waals surface area contributed by atoms with Crippen molar-refractivity contribution in [2.24, 2.45) is 5.92 Å². The van der Waals surface area contributed by atoms with Gasteiger partial charge in [0.2, 0.25) is 0 Å². The first-order valence-electron chi connectivity index (χ1n) is 6.65. The van der Waals surface area contributed by atoms with Crippen molar-refractivity contribution in [2.75, 3.05) is 27.3 Å². The van der Waals surface area contributed by atoms with E-state index >= 15 is 0 Å². The fourth-order valence-electron chi connectivity index (χ4n) is 2.55. The molecule has 0 unspecified atom stereocenters. The molecule has 104 valence electrons. The molecule has 0 saturated carbocycles. The topological polar surface area (TPSA) is 47.6 Å². The van der Waals surface area contributed by atoms with Crippen LogP contribution in [-0.4, -0.2) is 33.1 Å². The summed E-state index contributed by atoms with van der Waals surface area (Å²) in [5.41, 5.74) is 1.61. The van der Waals surface area contributed by atoms with Gasteiger partial charge in [0.15, 0.2) is 5.78 Å². The maximum absolute atomic E-state index is 12.6. The number of Topliss-reactive ketones (excluding diaryl/α,β-unsaturated/α-hetero) is 1. The molecule has 4 nitrogen and oxygen atoms in total. The van der Waals surface area contributed by atoms with E-state index in [0.29, 0.717) is 11.3 Å². The fourth-order valence-corrected chi connectivity index (χ4v) is 2.55. The standard InChI is InChI=1S/C15H21NO3/c1-10-8-14(19-3)12(9-13(10)18-2)15(17)11-4-6-16-7-5-11/h8-9,11,16H,4-7H2,1-3H3. The summed E-state index contributed by atoms with van der Waals surface area (Å²) in [4.78, 5) is 12.6. The van der Waals surface area contributed by atoms with Crippen LogP contribution >= 0.6 is 0 Å². The minimum Gasteiger partial charge on any atom is -0.496 e. The molecule has 1 fully saturated rings. The van der Waals surface area contributed by atoms with Gasteiger partial charge in [-0.3, -0.25) is 4.79 Å². The van der Waals surface area contributed by atoms with E-state index < -0.39 is 0 Å². The number of aryl methyl sites for hydroxylation is 1. The van der Waals surface area contributed by atoms with E-state index in [-0.39, 0.29) is 11.7 Å². The van der Waals surface area contributed by atoms with Gasteiger partial charge in [-0.25, -0.2) is 0 Å². The average molecular weight is 263 g/mol. The summed E-state index contributed by atoms with van der Waals surface area (Å²) in [5.74, 6) is 1.62. The second-order valence-electron chi connectivity index (χ2n) is 4.91. The van der Waals surface area contributed by atoms with Crippen LogP contribution in [0.25, 0.3) is 0 Å². The van der Waals surface area contributed by atoms with Crippen LogP contribution in [0.2, 0.25) is 0 Å². The number of ether oxygens (including phenoxy) is 2. The minimum atomic E-state index is 0.0857. The van der Waals surface area contributed by atoms with Gasteiger partial charge in [-0.1, -0.05) is 0 Å². The maximum Gasteiger partial charge on any atom is 0.169 e. The van der Waals surface area contributed by atoms with Gasteiger partial charge in [0.1, 0.15) is 11.5 Å². The third-order valence-electron chi connectivity index (χ3n) is 3.69. The third kappa shape index (κ3) is 2.89. The maximum atomic E-state index is 12.6. The van der Waals surface area contributed by atoms with Gasteiger partial charge in [-0.2, -0.15) is 0 Å². The van der Waals surface area contributed by atoms with Crippen molar-refractivity contribution >= 4 is 5.78 Å². The molecule has 19 heavy (non-hydrogen) atoms. The Morgan fingerprint density at radius 2 is 1.79 bits per heavy atom. The summed E-state index contributed by atoms with van der Waals surface area (Å²) in [7, 11) is 3.22. The lowest BCUT2D eigenvalue weighted by atomic mass is 9.89. The monoisotopic (exact) mass is 263 g/mol. The van der Waals surface area contributed by atoms with E-state index in [1.165, 1.54) is 0 Å². The highest BCUT2D eigenvalue weighted by molar-refractivity contribution is 6.01. The van der Waals surface area contributed by atoms with Crippen LogP contribution in [0.4, 0.5) is 0 Å². The molecule has 0 radical (unpaired) electrons. The Balaban J connectivity index is 2.33. The number of hydrogen-bond donors (Lipinski definition) is 1. The molecule has 0 amide bonds. The van der Waals surface area contributed by atoms with E-state index in [2.05, 4.69) is 5.32 Å². The van der Waals surface area contributed by atoms with Crippen molar-refractivity contribution in [2.45, 2.75) is 19.8 Å². The lowest BCUT2D eigenvalue weighted by molar-refractivity contribution is 0.0891. The smallest absolute Gasteiger partial charge is 0.169 e. The Labute approximate surface area is 114 Å². The van der Waals surface area contributed by atoms with Crippen molar-refractivity contribution in [1.82, 2.24) is 5.32 Å². The Kier molecular flexibility index (Phi) is 4.43. The highest BCUT2D eigenvalue weighted by Gasteiger charge is 2.25. The SMILES string of the molecule is COc1cc(C(=O)C2CCNCC2)c(OC)cc1C. The Morgan fingerprint density at radius 1 is 1.16 bits per heavy atom. The normalized spacial score (nSPS) is 16.2. The van der Waals surface area contributed by atoms with E-state index in [4.69, 9.17) is 9.47 Å². The van der Waals surface area contributed by atoms with Gasteiger partial charge in [-0.15, -0.1) is 0 Å². The van der Waals surface area contributed by atoms with Crippen LogP contribution < -0.4 is 14.8 Å². The Hall–Kier alpha value is -1.55. The predicted molar refractivity (Wildman–Crippen MR) is 74.2 cm³/mol. The molecule has 0 atom stereocenters. The first-order chi connectivity index (χ1) is 9.17. The van der Waals surface area contributed by atoms with Crippen molar-refractivity contribution in [1.29, 1.82) is 0 Å². The molecule has 1 aromatic rings. The molecule has 0 aliphatic carbocycles. The first-order valence-corrected chi connectivity index (χ1v) is 6.65. The zero-order valence-electron chi connectivity index (χ0n) is 11.8. The van der Waals surface area contributed by atoms with Crippen LogP contribution in [0.5, 0.6) is 11.5 Å². The number of piperidine rings is 1. The van der Waals surface area contributed by atoms with Crippen molar-refractivity contribution < 1.29 is 14.3 Å². The zero-order chi connectivity index (χ0) is 13.8. The zero-order valence-corrected chi connectivity index (χ0v) is 11.8. The van der Waals surface area contributed by atoms with Crippen LogP contribution in [0, 0.1) is 12.8 Å². The number of carbonyl (C=O) groups excluding carboxylic acids is 1. The molecule has 1 aliphatic rings. The third-order valence-corrected chi connectivity index (χ3v) is 3.69. The van der Waals surface area contributed by atoms with Gasteiger partial charge in [0.25, 0.3) is 0 Å². The highest BCUT2D eigenvalue weighted by Crippen LogP contribution is 2.31. The number of carbonyl (C=O) groups is 1. The lowest BCUT2D eigenvalue weighted by Crippen LogP contribution is -2.32. The molecule has 1 aromatic carbocycles. The van der Waals surface area contributed by atoms with Gasteiger partial charge in [0.05, 0.1) is 19.8 Å². The molecule has 0 spiro atoms. The molecular weight excluding hydrogens is 242 g/mol. The van der Waals surface area contributed by atoms with E-state index in [0.717, 1.165) is 37.2 Å². The number of benzene rings is 1. The number of hydrogen-bond acceptors (Lipinski definition) is 4. The summed E-state index contributed by atoms with van der Waals surface area (Å²) >= 11 is 0. The quantitative estimate of drug-likeness (QED) is 0.846. The predicted octanol–water partition coefficient (Wildman–Crippen LogP) is 2.19. The van der Waals surface area contributed by atoms with Gasteiger partial charge < -0.3 is 14.8 Å². The van der Waals surface area contributed by atoms with Gasteiger partial charge in [-0.05, 0) is 50.6 Å². The molecule has 2 rings (SSSR count). The van der Waals surface area contributed by atoms with Crippen LogP contribution in [-0.2, 0) is 0 Å². The second kappa shape index (κ2) is 6.06. The minimum absolute atomic E-state index is 0.0857. The van der Waals surface area contributed by atoms with Crippen LogP contribution in [0.3, 0.4) is 0 Å². The molecule has 0 bridgehead atoms. The molecule has 0 aromatic heterocycles. The van der Waals surface area contributed by atoms with E-state index in [1.54, 1.807) is 20.3 Å². The second-order valence-corrected chi connectivity index (χ2v) is 4.91. The Bertz CT molecular complexity index is 465. The molecule has 4 heteroatoms. The summed E-state index contributed by atoms with van der Waals surface area (Å²) < 4.78 is 10.6. The number of nitrogens with one attached hydrogen (secondary N) is 1. The van der Waals surface area contributed by atoms with E-state index in [9.17, 15) is 4.79 Å². The molecule has 1 saturated heterocycles. The van der Waals surface area contributed by atoms with Crippen molar-refractivity contribution in [3.05, 3.63) is 23.3 Å². The lowest BCUT2D eigenvalue weighted by Gasteiger charge is -2.22. The fraction of sp³-hybridized carbons (Fsp3) is 0.533. The summed E-state index contributed by atoms with van der Waals surface area (Å²) in [6.45, 7) is 3.75. The summed E-state index contributed by atoms with van der Waals surface area (Å²) in [6, 6.07) is 3.67. The van der Waals surface area contributed by atoms with Crippen molar-refractivity contribution in [3.63, 3.8) is 0 Å². The molecule has 1 heterocycles. The number of rotatable bonds is 4. The Morgan fingerprint density at radius 3 is 2.37 bits per heavy atom. The summed E-state index contributed by atoms with van der Waals surface area (Å²) in [5, 5.41) is 3.27. The van der Waals surface area contributed by atoms with Crippen LogP contribution in [0.15, 0.2) is 12.1 Å². The van der Waals surface area contributed by atoms with Crippen LogP contribution in [0.1, 0.15) is 28.8 Å². The summed E-state index contributed by atoms with van der Waals surface area (Å²) in [6.07, 6.45) is 1.77. The number of methoxy groups -OCH3 is 2. The van der Waals surface area contributed by atoms with Crippen molar-refractivity contribution in [3.8, 4) is 11.5 Å².